The van der Waals surface area contributed by atoms with Gasteiger partial charge in [-0.25, -0.2) is 4.98 Å². The summed E-state index contributed by atoms with van der Waals surface area (Å²) < 4.78 is 5.19. The first-order valence-electron chi connectivity index (χ1n) is 8.49. The Hall–Kier alpha value is -1.88. The zero-order valence-corrected chi connectivity index (χ0v) is 15.4. The van der Waals surface area contributed by atoms with Crippen LogP contribution in [0.2, 0.25) is 0 Å². The molecule has 1 aliphatic rings. The highest BCUT2D eigenvalue weighted by Gasteiger charge is 2.26. The second-order valence-corrected chi connectivity index (χ2v) is 7.37. The second kappa shape index (κ2) is 7.34. The van der Waals surface area contributed by atoms with Crippen molar-refractivity contribution in [2.45, 2.75) is 45.1 Å². The van der Waals surface area contributed by atoms with Gasteiger partial charge in [-0.3, -0.25) is 4.79 Å². The molecule has 24 heavy (non-hydrogen) atoms. The molecule has 0 atom stereocenters. The Balaban J connectivity index is 1.80. The fourth-order valence-corrected chi connectivity index (χ4v) is 4.30. The van der Waals surface area contributed by atoms with Crippen molar-refractivity contribution in [1.29, 1.82) is 0 Å². The van der Waals surface area contributed by atoms with Crippen molar-refractivity contribution in [3.63, 3.8) is 0 Å². The second-order valence-electron chi connectivity index (χ2n) is 6.37. The molecule has 128 valence electrons. The van der Waals surface area contributed by atoms with Crippen LogP contribution < -0.4 is 4.74 Å². The van der Waals surface area contributed by atoms with Crippen LogP contribution in [-0.2, 0) is 0 Å². The molecule has 0 N–H and O–H groups in total. The lowest BCUT2D eigenvalue weighted by Gasteiger charge is -2.31. The van der Waals surface area contributed by atoms with Crippen LogP contribution in [0, 0.1) is 6.92 Å². The molecule has 3 rings (SSSR count). The minimum absolute atomic E-state index is 0.108. The smallest absolute Gasteiger partial charge is 0.265 e. The van der Waals surface area contributed by atoms with E-state index in [1.807, 2.05) is 43.1 Å². The van der Waals surface area contributed by atoms with Crippen molar-refractivity contribution in [2.24, 2.45) is 0 Å². The Labute approximate surface area is 147 Å². The number of methoxy groups -OCH3 is 1. The number of ether oxygens (including phenoxy) is 1. The predicted octanol–water partition coefficient (Wildman–Crippen LogP) is 4.53. The Morgan fingerprint density at radius 2 is 1.88 bits per heavy atom. The Morgan fingerprint density at radius 3 is 2.50 bits per heavy atom. The maximum atomic E-state index is 12.9. The topological polar surface area (TPSA) is 42.4 Å². The lowest BCUT2D eigenvalue weighted by atomic mass is 9.94. The van der Waals surface area contributed by atoms with Gasteiger partial charge in [0.15, 0.2) is 0 Å². The van der Waals surface area contributed by atoms with Crippen LogP contribution in [-0.4, -0.2) is 36.0 Å². The van der Waals surface area contributed by atoms with Gasteiger partial charge in [-0.05, 0) is 44.0 Å². The third-order valence-electron chi connectivity index (χ3n) is 4.77. The van der Waals surface area contributed by atoms with Crippen LogP contribution >= 0.6 is 11.3 Å². The van der Waals surface area contributed by atoms with Gasteiger partial charge < -0.3 is 9.64 Å². The summed E-state index contributed by atoms with van der Waals surface area (Å²) in [5, 5.41) is 0.885. The Morgan fingerprint density at radius 1 is 1.21 bits per heavy atom. The molecular formula is C19H24N2O2S. The highest BCUT2D eigenvalue weighted by atomic mass is 32.1. The molecular weight excluding hydrogens is 320 g/mol. The minimum Gasteiger partial charge on any atom is -0.497 e. The average molecular weight is 344 g/mol. The van der Waals surface area contributed by atoms with Crippen molar-refractivity contribution in [3.05, 3.63) is 34.8 Å². The molecule has 0 saturated heterocycles. The van der Waals surface area contributed by atoms with E-state index in [2.05, 4.69) is 4.98 Å². The highest BCUT2D eigenvalue weighted by Crippen LogP contribution is 2.31. The Kier molecular flexibility index (Phi) is 5.19. The number of amides is 1. The van der Waals surface area contributed by atoms with E-state index >= 15 is 0 Å². The fourth-order valence-electron chi connectivity index (χ4n) is 3.25. The number of thiazole rings is 1. The summed E-state index contributed by atoms with van der Waals surface area (Å²) in [5.74, 6) is 0.928. The summed E-state index contributed by atoms with van der Waals surface area (Å²) in [5.41, 5.74) is 1.83. The third-order valence-corrected chi connectivity index (χ3v) is 5.97. The molecule has 1 heterocycles. The predicted molar refractivity (Wildman–Crippen MR) is 97.8 cm³/mol. The highest BCUT2D eigenvalue weighted by molar-refractivity contribution is 7.17. The number of nitrogens with zero attached hydrogens (tertiary/aromatic N) is 2. The summed E-state index contributed by atoms with van der Waals surface area (Å²) in [6.07, 6.45) is 5.97. The van der Waals surface area contributed by atoms with E-state index in [-0.39, 0.29) is 5.91 Å². The SMILES string of the molecule is COc1ccc(-c2nc(C)c(C(=O)N(C)C3CCCCC3)s2)cc1. The molecule has 0 spiro atoms. The van der Waals surface area contributed by atoms with Crippen LogP contribution in [0.25, 0.3) is 10.6 Å². The molecule has 1 aliphatic carbocycles. The number of hydrogen-bond acceptors (Lipinski definition) is 4. The third kappa shape index (κ3) is 3.46. The lowest BCUT2D eigenvalue weighted by molar-refractivity contribution is 0.0700. The minimum atomic E-state index is 0.108. The molecule has 1 saturated carbocycles. The van der Waals surface area contributed by atoms with E-state index in [9.17, 15) is 4.79 Å². The standard InChI is InChI=1S/C19H24N2O2S/c1-13-17(19(22)21(2)15-7-5-4-6-8-15)24-18(20-13)14-9-11-16(23-3)12-10-14/h9-12,15H,4-8H2,1-3H3. The van der Waals surface area contributed by atoms with E-state index < -0.39 is 0 Å². The molecule has 1 fully saturated rings. The fraction of sp³-hybridized carbons (Fsp3) is 0.474. The van der Waals surface area contributed by atoms with Crippen LogP contribution in [0.3, 0.4) is 0 Å². The van der Waals surface area contributed by atoms with Gasteiger partial charge in [0.2, 0.25) is 0 Å². The van der Waals surface area contributed by atoms with Crippen molar-refractivity contribution in [2.75, 3.05) is 14.2 Å². The zero-order valence-electron chi connectivity index (χ0n) is 14.5. The van der Waals surface area contributed by atoms with Gasteiger partial charge in [-0.2, -0.15) is 0 Å². The van der Waals surface area contributed by atoms with E-state index in [1.54, 1.807) is 7.11 Å². The van der Waals surface area contributed by atoms with Gasteiger partial charge >= 0.3 is 0 Å². The number of aromatic nitrogens is 1. The first-order chi connectivity index (χ1) is 11.6. The molecule has 5 heteroatoms. The molecule has 2 aromatic rings. The van der Waals surface area contributed by atoms with E-state index in [0.29, 0.717) is 6.04 Å². The van der Waals surface area contributed by atoms with Gasteiger partial charge in [0.1, 0.15) is 15.6 Å². The molecule has 0 bridgehead atoms. The monoisotopic (exact) mass is 344 g/mol. The van der Waals surface area contributed by atoms with Crippen molar-refractivity contribution < 1.29 is 9.53 Å². The summed E-state index contributed by atoms with van der Waals surface area (Å²) in [6.45, 7) is 1.92. The number of aryl methyl sites for hydroxylation is 1. The van der Waals surface area contributed by atoms with Crippen molar-refractivity contribution in [3.8, 4) is 16.3 Å². The first-order valence-corrected chi connectivity index (χ1v) is 9.31. The van der Waals surface area contributed by atoms with Gasteiger partial charge in [-0.15, -0.1) is 11.3 Å². The molecule has 1 aromatic heterocycles. The summed E-state index contributed by atoms with van der Waals surface area (Å²) >= 11 is 1.48. The first kappa shape index (κ1) is 17.0. The number of carbonyl (C=O) groups is 1. The number of carbonyl (C=O) groups excluding carboxylic acids is 1. The van der Waals surface area contributed by atoms with Gasteiger partial charge in [0.25, 0.3) is 5.91 Å². The van der Waals surface area contributed by atoms with Gasteiger partial charge in [-0.1, -0.05) is 19.3 Å². The average Bonchev–Trinajstić information content (AvgIpc) is 3.03. The molecule has 0 aliphatic heterocycles. The van der Waals surface area contributed by atoms with E-state index in [1.165, 1.54) is 30.6 Å². The normalized spacial score (nSPS) is 15.3. The van der Waals surface area contributed by atoms with Gasteiger partial charge in [0, 0.05) is 18.7 Å². The van der Waals surface area contributed by atoms with E-state index in [0.717, 1.165) is 39.7 Å². The number of hydrogen-bond donors (Lipinski definition) is 0. The van der Waals surface area contributed by atoms with Crippen LogP contribution in [0.1, 0.15) is 47.5 Å². The van der Waals surface area contributed by atoms with Crippen molar-refractivity contribution >= 4 is 17.2 Å². The Bertz CT molecular complexity index is 703. The van der Waals surface area contributed by atoms with Crippen LogP contribution in [0.5, 0.6) is 5.75 Å². The maximum absolute atomic E-state index is 12.9. The van der Waals surface area contributed by atoms with Crippen LogP contribution in [0.4, 0.5) is 0 Å². The molecule has 0 unspecified atom stereocenters. The number of rotatable bonds is 4. The zero-order chi connectivity index (χ0) is 17.1. The van der Waals surface area contributed by atoms with Crippen molar-refractivity contribution in [1.82, 2.24) is 9.88 Å². The quantitative estimate of drug-likeness (QED) is 0.818. The molecule has 1 aromatic carbocycles. The van der Waals surface area contributed by atoms with Crippen LogP contribution in [0.15, 0.2) is 24.3 Å². The van der Waals surface area contributed by atoms with E-state index in [4.69, 9.17) is 4.74 Å². The summed E-state index contributed by atoms with van der Waals surface area (Å²) in [7, 11) is 3.59. The number of benzene rings is 1. The summed E-state index contributed by atoms with van der Waals surface area (Å²) in [4.78, 5) is 20.2. The lowest BCUT2D eigenvalue weighted by Crippen LogP contribution is -2.38. The maximum Gasteiger partial charge on any atom is 0.265 e. The molecule has 4 nitrogen and oxygen atoms in total. The molecule has 0 radical (unpaired) electrons. The van der Waals surface area contributed by atoms with Gasteiger partial charge in [0.05, 0.1) is 12.8 Å². The summed E-state index contributed by atoms with van der Waals surface area (Å²) in [6, 6.07) is 8.17. The largest absolute Gasteiger partial charge is 0.497 e. The molecule has 1 amide bonds.